The molecule has 2 heteroatoms. The fourth-order valence-corrected chi connectivity index (χ4v) is 2.99. The van der Waals surface area contributed by atoms with E-state index in [4.69, 9.17) is 5.84 Å². The summed E-state index contributed by atoms with van der Waals surface area (Å²) in [6.45, 7) is 2.13. The lowest BCUT2D eigenvalue weighted by atomic mass is 9.95. The maximum Gasteiger partial charge on any atom is 0.0251 e. The molecule has 1 aliphatic carbocycles. The molecule has 2 nitrogen and oxygen atoms in total. The Kier molecular flexibility index (Phi) is 5.21. The summed E-state index contributed by atoms with van der Waals surface area (Å²) in [6.07, 6.45) is 9.32. The molecule has 100 valence electrons. The van der Waals surface area contributed by atoms with Crippen molar-refractivity contribution >= 4 is 0 Å². The summed E-state index contributed by atoms with van der Waals surface area (Å²) < 4.78 is 0. The second-order valence-electron chi connectivity index (χ2n) is 5.78. The van der Waals surface area contributed by atoms with Crippen LogP contribution in [0.15, 0.2) is 24.3 Å². The molecular formula is C16H26N2. The average Bonchev–Trinajstić information content (AvgIpc) is 2.90. The van der Waals surface area contributed by atoms with E-state index >= 15 is 0 Å². The van der Waals surface area contributed by atoms with E-state index in [1.807, 2.05) is 0 Å². The zero-order chi connectivity index (χ0) is 12.8. The Bertz CT molecular complexity index is 339. The van der Waals surface area contributed by atoms with Gasteiger partial charge in [-0.25, -0.2) is 0 Å². The molecule has 0 aromatic heterocycles. The lowest BCUT2D eigenvalue weighted by molar-refractivity contribution is 0.407. The van der Waals surface area contributed by atoms with E-state index in [0.717, 1.165) is 12.3 Å². The Morgan fingerprint density at radius 2 is 1.89 bits per heavy atom. The number of aryl methyl sites for hydroxylation is 1. The molecular weight excluding hydrogens is 220 g/mol. The summed E-state index contributed by atoms with van der Waals surface area (Å²) in [7, 11) is 0. The predicted octanol–water partition coefficient (Wildman–Crippen LogP) is 3.34. The van der Waals surface area contributed by atoms with Crippen molar-refractivity contribution in [3.05, 3.63) is 35.4 Å². The Morgan fingerprint density at radius 1 is 1.22 bits per heavy atom. The summed E-state index contributed by atoms with van der Waals surface area (Å²) in [5.41, 5.74) is 5.69. The van der Waals surface area contributed by atoms with Crippen molar-refractivity contribution < 1.29 is 0 Å². The van der Waals surface area contributed by atoms with Crippen LogP contribution in [-0.4, -0.2) is 6.04 Å². The van der Waals surface area contributed by atoms with E-state index in [1.165, 1.54) is 49.7 Å². The third-order valence-corrected chi connectivity index (χ3v) is 4.24. The van der Waals surface area contributed by atoms with Crippen molar-refractivity contribution in [2.75, 3.05) is 0 Å². The quantitative estimate of drug-likeness (QED) is 0.597. The molecule has 0 bridgehead atoms. The minimum Gasteiger partial charge on any atom is -0.271 e. The first-order valence-electron chi connectivity index (χ1n) is 7.29. The number of nitrogens with two attached hydrogens (primary N) is 1. The van der Waals surface area contributed by atoms with Crippen LogP contribution in [0.1, 0.15) is 49.7 Å². The lowest BCUT2D eigenvalue weighted by Gasteiger charge is -2.18. The van der Waals surface area contributed by atoms with Crippen LogP contribution in [0.3, 0.4) is 0 Å². The molecule has 0 spiro atoms. The smallest absolute Gasteiger partial charge is 0.0251 e. The highest BCUT2D eigenvalue weighted by Gasteiger charge is 2.17. The first-order chi connectivity index (χ1) is 8.78. The van der Waals surface area contributed by atoms with Gasteiger partial charge in [-0.1, -0.05) is 55.5 Å². The molecule has 1 fully saturated rings. The van der Waals surface area contributed by atoms with Gasteiger partial charge in [0.2, 0.25) is 0 Å². The van der Waals surface area contributed by atoms with Gasteiger partial charge in [0, 0.05) is 6.04 Å². The molecule has 1 atom stereocenters. The van der Waals surface area contributed by atoms with Crippen LogP contribution in [0, 0.1) is 12.8 Å². The van der Waals surface area contributed by atoms with Gasteiger partial charge >= 0.3 is 0 Å². The van der Waals surface area contributed by atoms with Gasteiger partial charge in [0.05, 0.1) is 0 Å². The van der Waals surface area contributed by atoms with Gasteiger partial charge in [0.15, 0.2) is 0 Å². The Hall–Kier alpha value is -0.860. The monoisotopic (exact) mass is 246 g/mol. The van der Waals surface area contributed by atoms with Crippen molar-refractivity contribution in [1.29, 1.82) is 0 Å². The summed E-state index contributed by atoms with van der Waals surface area (Å²) >= 11 is 0. The van der Waals surface area contributed by atoms with Crippen LogP contribution in [-0.2, 0) is 6.42 Å². The summed E-state index contributed by atoms with van der Waals surface area (Å²) in [5, 5.41) is 0. The highest BCUT2D eigenvalue weighted by atomic mass is 15.2. The van der Waals surface area contributed by atoms with E-state index in [0.29, 0.717) is 6.04 Å². The lowest BCUT2D eigenvalue weighted by Crippen LogP contribution is -2.37. The highest BCUT2D eigenvalue weighted by Crippen LogP contribution is 2.29. The van der Waals surface area contributed by atoms with Gasteiger partial charge in [-0.15, -0.1) is 0 Å². The third-order valence-electron chi connectivity index (χ3n) is 4.24. The normalized spacial score (nSPS) is 18.1. The number of hydrogen-bond donors (Lipinski definition) is 2. The van der Waals surface area contributed by atoms with Crippen LogP contribution >= 0.6 is 0 Å². The number of nitrogens with one attached hydrogen (secondary N) is 1. The molecule has 0 aliphatic heterocycles. The van der Waals surface area contributed by atoms with Crippen molar-refractivity contribution in [2.24, 2.45) is 11.8 Å². The van der Waals surface area contributed by atoms with Gasteiger partial charge in [-0.3, -0.25) is 11.3 Å². The SMILES string of the molecule is Cc1ccc(CC(CCC2CCCC2)NN)cc1. The van der Waals surface area contributed by atoms with Gasteiger partial charge < -0.3 is 0 Å². The molecule has 1 aromatic carbocycles. The predicted molar refractivity (Wildman–Crippen MR) is 77.2 cm³/mol. The molecule has 0 radical (unpaired) electrons. The molecule has 2 rings (SSSR count). The van der Waals surface area contributed by atoms with Gasteiger partial charge in [0.25, 0.3) is 0 Å². The number of rotatable bonds is 6. The summed E-state index contributed by atoms with van der Waals surface area (Å²) in [5.74, 6) is 6.64. The molecule has 1 saturated carbocycles. The maximum absolute atomic E-state index is 5.69. The minimum absolute atomic E-state index is 0.424. The van der Waals surface area contributed by atoms with E-state index in [-0.39, 0.29) is 0 Å². The van der Waals surface area contributed by atoms with Crippen LogP contribution in [0.5, 0.6) is 0 Å². The Balaban J connectivity index is 1.79. The molecule has 0 heterocycles. The maximum atomic E-state index is 5.69. The third kappa shape index (κ3) is 4.11. The standard InChI is InChI=1S/C16H26N2/c1-13-6-8-15(9-7-13)12-16(18-17)11-10-14-4-2-3-5-14/h6-9,14,16,18H,2-5,10-12,17H2,1H3. The molecule has 0 saturated heterocycles. The summed E-state index contributed by atoms with van der Waals surface area (Å²) in [4.78, 5) is 0. The van der Waals surface area contributed by atoms with Crippen molar-refractivity contribution in [2.45, 2.75) is 57.9 Å². The Morgan fingerprint density at radius 3 is 2.50 bits per heavy atom. The fourth-order valence-electron chi connectivity index (χ4n) is 2.99. The van der Waals surface area contributed by atoms with Crippen LogP contribution in [0.25, 0.3) is 0 Å². The topological polar surface area (TPSA) is 38.0 Å². The Labute approximate surface area is 111 Å². The van der Waals surface area contributed by atoms with Crippen molar-refractivity contribution in [1.82, 2.24) is 5.43 Å². The van der Waals surface area contributed by atoms with Crippen LogP contribution in [0.2, 0.25) is 0 Å². The first-order valence-corrected chi connectivity index (χ1v) is 7.29. The van der Waals surface area contributed by atoms with E-state index in [9.17, 15) is 0 Å². The molecule has 0 amide bonds. The molecule has 3 N–H and O–H groups in total. The molecule has 1 unspecified atom stereocenters. The van der Waals surface area contributed by atoms with Gasteiger partial charge in [-0.2, -0.15) is 0 Å². The molecule has 18 heavy (non-hydrogen) atoms. The van der Waals surface area contributed by atoms with E-state index in [2.05, 4.69) is 36.6 Å². The second kappa shape index (κ2) is 6.91. The van der Waals surface area contributed by atoms with Crippen LogP contribution < -0.4 is 11.3 Å². The highest BCUT2D eigenvalue weighted by molar-refractivity contribution is 5.22. The minimum atomic E-state index is 0.424. The van der Waals surface area contributed by atoms with E-state index in [1.54, 1.807) is 0 Å². The molecule has 1 aliphatic rings. The fraction of sp³-hybridized carbons (Fsp3) is 0.625. The molecule has 1 aromatic rings. The number of benzene rings is 1. The van der Waals surface area contributed by atoms with E-state index < -0.39 is 0 Å². The zero-order valence-electron chi connectivity index (χ0n) is 11.5. The zero-order valence-corrected chi connectivity index (χ0v) is 11.5. The average molecular weight is 246 g/mol. The number of hydrazine groups is 1. The first kappa shape index (κ1) is 13.6. The van der Waals surface area contributed by atoms with Crippen LogP contribution in [0.4, 0.5) is 0 Å². The second-order valence-corrected chi connectivity index (χ2v) is 5.78. The van der Waals surface area contributed by atoms with Gasteiger partial charge in [-0.05, 0) is 37.7 Å². The van der Waals surface area contributed by atoms with Crippen molar-refractivity contribution in [3.63, 3.8) is 0 Å². The number of hydrogen-bond acceptors (Lipinski definition) is 2. The summed E-state index contributed by atoms with van der Waals surface area (Å²) in [6, 6.07) is 9.22. The van der Waals surface area contributed by atoms with Crippen molar-refractivity contribution in [3.8, 4) is 0 Å². The van der Waals surface area contributed by atoms with Gasteiger partial charge in [0.1, 0.15) is 0 Å². The largest absolute Gasteiger partial charge is 0.271 e.